The summed E-state index contributed by atoms with van der Waals surface area (Å²) < 4.78 is 10.6. The molecular formula is C14H33O5P. The monoisotopic (exact) mass is 312 g/mol. The number of hydrogen-bond donors (Lipinski definition) is 4. The van der Waals surface area contributed by atoms with Crippen LogP contribution in [-0.4, -0.2) is 39.4 Å². The van der Waals surface area contributed by atoms with Gasteiger partial charge in [0.2, 0.25) is 0 Å². The smallest absolute Gasteiger partial charge is 0.325 e. The third-order valence-electron chi connectivity index (χ3n) is 2.90. The van der Waals surface area contributed by atoms with Gasteiger partial charge in [-0.25, -0.2) is 0 Å². The van der Waals surface area contributed by atoms with Gasteiger partial charge in [-0.2, -0.15) is 0 Å². The van der Waals surface area contributed by atoms with E-state index in [1.54, 1.807) is 0 Å². The molecule has 124 valence electrons. The van der Waals surface area contributed by atoms with Crippen LogP contribution in [0, 0.1) is 0 Å². The van der Waals surface area contributed by atoms with Gasteiger partial charge in [-0.05, 0) is 6.42 Å². The molecular weight excluding hydrogens is 279 g/mol. The van der Waals surface area contributed by atoms with Crippen molar-refractivity contribution in [2.45, 2.75) is 71.1 Å². The van der Waals surface area contributed by atoms with Crippen LogP contribution < -0.4 is 0 Å². The van der Waals surface area contributed by atoms with Gasteiger partial charge in [0.15, 0.2) is 0 Å². The van der Waals surface area contributed by atoms with Gasteiger partial charge in [0.05, 0.1) is 13.2 Å². The molecule has 0 aromatic rings. The lowest BCUT2D eigenvalue weighted by Gasteiger charge is -2.03. The van der Waals surface area contributed by atoms with Crippen molar-refractivity contribution in [1.29, 1.82) is 0 Å². The normalized spacial score (nSPS) is 11.1. The number of aliphatic hydroxyl groups is 2. The summed E-state index contributed by atoms with van der Waals surface area (Å²) in [5.41, 5.74) is 0. The van der Waals surface area contributed by atoms with Gasteiger partial charge < -0.3 is 20.0 Å². The van der Waals surface area contributed by atoms with Crippen LogP contribution >= 0.6 is 7.60 Å². The van der Waals surface area contributed by atoms with E-state index in [2.05, 4.69) is 6.92 Å². The molecule has 0 heterocycles. The standard InChI is InChI=1S/C12H27O3P.C2H6O2/c1-2-3-4-5-6-7-8-9-10-11-12-16(13,14)15;3-1-2-4/h2-12H2,1H3,(H2,13,14,15);3-4H,1-2H2. The molecule has 4 N–H and O–H groups in total. The van der Waals surface area contributed by atoms with Crippen molar-refractivity contribution in [1.82, 2.24) is 0 Å². The second-order valence-corrected chi connectivity index (χ2v) is 6.79. The Morgan fingerprint density at radius 3 is 1.35 bits per heavy atom. The Balaban J connectivity index is 0. The second kappa shape index (κ2) is 17.1. The first-order chi connectivity index (χ1) is 9.47. The maximum Gasteiger partial charge on any atom is 0.325 e. The van der Waals surface area contributed by atoms with E-state index in [-0.39, 0.29) is 19.4 Å². The first-order valence-electron chi connectivity index (χ1n) is 7.74. The summed E-state index contributed by atoms with van der Waals surface area (Å²) in [5.74, 6) is 0. The van der Waals surface area contributed by atoms with Gasteiger partial charge in [0.25, 0.3) is 0 Å². The van der Waals surface area contributed by atoms with Crippen molar-refractivity contribution < 1.29 is 24.6 Å². The summed E-state index contributed by atoms with van der Waals surface area (Å²) in [6, 6.07) is 0. The zero-order chi connectivity index (χ0) is 15.7. The first kappa shape index (κ1) is 22.4. The van der Waals surface area contributed by atoms with E-state index in [4.69, 9.17) is 20.0 Å². The van der Waals surface area contributed by atoms with Crippen molar-refractivity contribution in [2.75, 3.05) is 19.4 Å². The second-order valence-electron chi connectivity index (χ2n) is 5.02. The molecule has 0 aliphatic heterocycles. The molecule has 0 amide bonds. The van der Waals surface area contributed by atoms with Crippen LogP contribution in [-0.2, 0) is 4.57 Å². The van der Waals surface area contributed by atoms with Crippen molar-refractivity contribution in [3.05, 3.63) is 0 Å². The molecule has 0 rings (SSSR count). The molecule has 0 atom stereocenters. The molecule has 0 spiro atoms. The molecule has 0 fully saturated rings. The van der Waals surface area contributed by atoms with Crippen molar-refractivity contribution in [3.63, 3.8) is 0 Å². The van der Waals surface area contributed by atoms with Crippen molar-refractivity contribution >= 4 is 7.60 Å². The van der Waals surface area contributed by atoms with E-state index in [1.807, 2.05) is 0 Å². The van der Waals surface area contributed by atoms with E-state index >= 15 is 0 Å². The van der Waals surface area contributed by atoms with E-state index < -0.39 is 7.60 Å². The van der Waals surface area contributed by atoms with Gasteiger partial charge >= 0.3 is 7.60 Å². The van der Waals surface area contributed by atoms with E-state index in [1.165, 1.54) is 44.9 Å². The topological polar surface area (TPSA) is 98.0 Å². The molecule has 0 saturated carbocycles. The highest BCUT2D eigenvalue weighted by Gasteiger charge is 2.10. The maximum absolute atomic E-state index is 10.6. The fourth-order valence-electron chi connectivity index (χ4n) is 1.81. The minimum atomic E-state index is -3.74. The fraction of sp³-hybridized carbons (Fsp3) is 1.00. The average molecular weight is 312 g/mol. The molecule has 0 saturated heterocycles. The summed E-state index contributed by atoms with van der Waals surface area (Å²) in [7, 11) is -3.74. The fourth-order valence-corrected chi connectivity index (χ4v) is 2.44. The largest absolute Gasteiger partial charge is 0.394 e. The Labute approximate surface area is 123 Å². The summed E-state index contributed by atoms with van der Waals surface area (Å²) in [6.07, 6.45) is 12.0. The summed E-state index contributed by atoms with van der Waals surface area (Å²) in [5, 5.41) is 15.2. The molecule has 20 heavy (non-hydrogen) atoms. The third kappa shape index (κ3) is 26.6. The maximum atomic E-state index is 10.6. The van der Waals surface area contributed by atoms with Crippen LogP contribution in [0.4, 0.5) is 0 Å². The van der Waals surface area contributed by atoms with Crippen LogP contribution in [0.5, 0.6) is 0 Å². The number of rotatable bonds is 12. The highest BCUT2D eigenvalue weighted by molar-refractivity contribution is 7.51. The zero-order valence-electron chi connectivity index (χ0n) is 12.8. The number of aliphatic hydroxyl groups excluding tert-OH is 2. The summed E-state index contributed by atoms with van der Waals surface area (Å²) >= 11 is 0. The van der Waals surface area contributed by atoms with Crippen LogP contribution in [0.1, 0.15) is 71.1 Å². The van der Waals surface area contributed by atoms with Gasteiger partial charge in [-0.1, -0.05) is 64.7 Å². The summed E-state index contributed by atoms with van der Waals surface area (Å²) in [4.78, 5) is 17.3. The molecule has 0 aromatic carbocycles. The molecule has 0 aliphatic rings. The summed E-state index contributed by atoms with van der Waals surface area (Å²) in [6.45, 7) is 1.97. The Hall–Kier alpha value is 0.0700. The third-order valence-corrected chi connectivity index (χ3v) is 3.80. The SMILES string of the molecule is CCCCCCCCCCCCP(=O)(O)O.OCCO. The number of unbranched alkanes of at least 4 members (excludes halogenated alkanes) is 9. The Bertz CT molecular complexity index is 216. The molecule has 5 nitrogen and oxygen atoms in total. The minimum Gasteiger partial charge on any atom is -0.394 e. The predicted molar refractivity (Wildman–Crippen MR) is 82.9 cm³/mol. The van der Waals surface area contributed by atoms with Crippen molar-refractivity contribution in [2.24, 2.45) is 0 Å². The van der Waals surface area contributed by atoms with Gasteiger partial charge in [-0.3, -0.25) is 4.57 Å². The highest BCUT2D eigenvalue weighted by Crippen LogP contribution is 2.35. The van der Waals surface area contributed by atoms with Crippen LogP contribution in [0.15, 0.2) is 0 Å². The Kier molecular flexibility index (Phi) is 19.1. The quantitative estimate of drug-likeness (QED) is 0.328. The van der Waals surface area contributed by atoms with Crippen molar-refractivity contribution in [3.8, 4) is 0 Å². The van der Waals surface area contributed by atoms with Gasteiger partial charge in [0.1, 0.15) is 0 Å². The average Bonchev–Trinajstić information content (AvgIpc) is 2.40. The molecule has 0 radical (unpaired) electrons. The lowest BCUT2D eigenvalue weighted by molar-refractivity contribution is 0.186. The highest BCUT2D eigenvalue weighted by atomic mass is 31.2. The van der Waals surface area contributed by atoms with Crippen LogP contribution in [0.3, 0.4) is 0 Å². The lowest BCUT2D eigenvalue weighted by Crippen LogP contribution is -1.88. The van der Waals surface area contributed by atoms with Crippen LogP contribution in [0.25, 0.3) is 0 Å². The molecule has 0 unspecified atom stereocenters. The van der Waals surface area contributed by atoms with E-state index in [9.17, 15) is 4.57 Å². The van der Waals surface area contributed by atoms with Crippen LogP contribution in [0.2, 0.25) is 0 Å². The van der Waals surface area contributed by atoms with E-state index in [0.29, 0.717) is 6.42 Å². The predicted octanol–water partition coefficient (Wildman–Crippen LogP) is 3.06. The van der Waals surface area contributed by atoms with Gasteiger partial charge in [0, 0.05) is 6.16 Å². The molecule has 6 heteroatoms. The number of hydrogen-bond acceptors (Lipinski definition) is 3. The molecule has 0 aromatic heterocycles. The van der Waals surface area contributed by atoms with E-state index in [0.717, 1.165) is 12.8 Å². The molecule has 0 aliphatic carbocycles. The zero-order valence-corrected chi connectivity index (χ0v) is 13.7. The minimum absolute atomic E-state index is 0.0590. The lowest BCUT2D eigenvalue weighted by atomic mass is 10.1. The van der Waals surface area contributed by atoms with Gasteiger partial charge in [-0.15, -0.1) is 0 Å². The Morgan fingerprint density at radius 2 is 1.05 bits per heavy atom. The molecule has 0 bridgehead atoms. The Morgan fingerprint density at radius 1 is 0.700 bits per heavy atom. The first-order valence-corrected chi connectivity index (χ1v) is 9.54.